The molecule has 0 unspecified atom stereocenters. The van der Waals surface area contributed by atoms with E-state index in [0.29, 0.717) is 29.9 Å². The third-order valence-electron chi connectivity index (χ3n) is 11.8. The lowest BCUT2D eigenvalue weighted by atomic mass is 9.50. The minimum atomic E-state index is -0.141. The van der Waals surface area contributed by atoms with Gasteiger partial charge in [-0.25, -0.2) is 0 Å². The molecule has 214 valence electrons. The van der Waals surface area contributed by atoms with Crippen LogP contribution in [0.2, 0.25) is 0 Å². The van der Waals surface area contributed by atoms with Crippen molar-refractivity contribution < 1.29 is 19.4 Å². The smallest absolute Gasteiger partial charge is 0.222 e. The van der Waals surface area contributed by atoms with E-state index < -0.39 is 0 Å². The van der Waals surface area contributed by atoms with Gasteiger partial charge in [-0.05, 0) is 69.2 Å². The summed E-state index contributed by atoms with van der Waals surface area (Å²) in [5.74, 6) is 4.36. The van der Waals surface area contributed by atoms with Crippen LogP contribution < -0.4 is 9.47 Å². The highest BCUT2D eigenvalue weighted by molar-refractivity contribution is 5.76. The molecule has 1 spiro atoms. The molecule has 3 saturated carbocycles. The molecule has 6 heteroatoms. The predicted octanol–water partition coefficient (Wildman–Crippen LogP) is 5.82. The monoisotopic (exact) mass is 536 g/mol. The van der Waals surface area contributed by atoms with E-state index in [1.165, 1.54) is 69.9 Å². The summed E-state index contributed by atoms with van der Waals surface area (Å²) in [6.45, 7) is 2.28. The van der Waals surface area contributed by atoms with Gasteiger partial charge in [-0.15, -0.1) is 0 Å². The van der Waals surface area contributed by atoms with Crippen LogP contribution in [0.15, 0.2) is 6.07 Å². The second kappa shape index (κ2) is 10.2. The number of hydrogen-bond acceptors (Lipinski definition) is 5. The van der Waals surface area contributed by atoms with Crippen LogP contribution in [0.1, 0.15) is 101 Å². The fourth-order valence-corrected chi connectivity index (χ4v) is 9.60. The maximum atomic E-state index is 13.5. The average Bonchev–Trinajstić information content (AvgIpc) is 3.71. The lowest BCUT2D eigenvalue weighted by molar-refractivity contribution is -0.140. The van der Waals surface area contributed by atoms with Gasteiger partial charge in [0.25, 0.3) is 0 Å². The molecule has 7 rings (SSSR count). The van der Waals surface area contributed by atoms with Crippen molar-refractivity contribution in [1.29, 1.82) is 0 Å². The van der Waals surface area contributed by atoms with Crippen LogP contribution in [0.3, 0.4) is 0 Å². The largest absolute Gasteiger partial charge is 0.508 e. The maximum Gasteiger partial charge on any atom is 0.222 e. The summed E-state index contributed by atoms with van der Waals surface area (Å²) in [6.07, 6.45) is 17.8. The lowest BCUT2D eigenvalue weighted by Crippen LogP contribution is -2.69. The van der Waals surface area contributed by atoms with Crippen LogP contribution >= 0.6 is 0 Å². The van der Waals surface area contributed by atoms with E-state index in [1.807, 2.05) is 11.9 Å². The number of nitrogens with zero attached hydrogens (tertiary/aromatic N) is 2. The van der Waals surface area contributed by atoms with Crippen LogP contribution in [0.5, 0.6) is 17.2 Å². The third kappa shape index (κ3) is 4.26. The van der Waals surface area contributed by atoms with Crippen molar-refractivity contribution in [3.8, 4) is 17.2 Å². The molecule has 0 aromatic heterocycles. The van der Waals surface area contributed by atoms with Gasteiger partial charge in [-0.3, -0.25) is 9.69 Å². The Morgan fingerprint density at radius 3 is 2.72 bits per heavy atom. The van der Waals surface area contributed by atoms with Gasteiger partial charge in [-0.2, -0.15) is 0 Å². The van der Waals surface area contributed by atoms with Crippen LogP contribution in [0.4, 0.5) is 0 Å². The summed E-state index contributed by atoms with van der Waals surface area (Å²) >= 11 is 0. The summed E-state index contributed by atoms with van der Waals surface area (Å²) in [5, 5.41) is 11.2. The molecule has 1 aromatic rings. The Hall–Kier alpha value is -1.95. The zero-order chi connectivity index (χ0) is 26.7. The number of methoxy groups -OCH3 is 1. The zero-order valence-electron chi connectivity index (χ0n) is 24.1. The highest BCUT2D eigenvalue weighted by Crippen LogP contribution is 2.65. The van der Waals surface area contributed by atoms with E-state index in [0.717, 1.165) is 61.8 Å². The topological polar surface area (TPSA) is 62.2 Å². The Labute approximate surface area is 234 Å². The van der Waals surface area contributed by atoms with Crippen molar-refractivity contribution >= 4 is 5.91 Å². The van der Waals surface area contributed by atoms with Gasteiger partial charge in [0.15, 0.2) is 11.5 Å². The van der Waals surface area contributed by atoms with Crippen molar-refractivity contribution in [1.82, 2.24) is 9.80 Å². The molecule has 6 nitrogen and oxygen atoms in total. The third-order valence-corrected chi connectivity index (χ3v) is 11.8. The van der Waals surface area contributed by atoms with E-state index in [9.17, 15) is 9.90 Å². The number of phenols is 1. The van der Waals surface area contributed by atoms with Crippen molar-refractivity contribution in [3.05, 3.63) is 17.2 Å². The summed E-state index contributed by atoms with van der Waals surface area (Å²) < 4.78 is 12.7. The molecule has 1 amide bonds. The summed E-state index contributed by atoms with van der Waals surface area (Å²) in [7, 11) is 3.69. The minimum Gasteiger partial charge on any atom is -0.508 e. The number of hydrogen-bond donors (Lipinski definition) is 1. The number of benzene rings is 1. The average molecular weight is 537 g/mol. The van der Waals surface area contributed by atoms with Crippen molar-refractivity contribution in [2.75, 3.05) is 27.2 Å². The number of aromatic hydroxyl groups is 1. The molecule has 2 bridgehead atoms. The van der Waals surface area contributed by atoms with E-state index in [4.69, 9.17) is 9.47 Å². The van der Waals surface area contributed by atoms with Gasteiger partial charge >= 0.3 is 0 Å². The molecule has 4 aliphatic carbocycles. The van der Waals surface area contributed by atoms with Gasteiger partial charge in [0.2, 0.25) is 5.91 Å². The number of piperidine rings is 1. The zero-order valence-corrected chi connectivity index (χ0v) is 24.1. The number of likely N-dealkylation sites (N-methyl/N-ethyl adjacent to an activating group) is 1. The van der Waals surface area contributed by atoms with Gasteiger partial charge in [-0.1, -0.05) is 44.9 Å². The number of amides is 1. The second-order valence-corrected chi connectivity index (χ2v) is 13.8. The molecular formula is C33H48N2O4. The quantitative estimate of drug-likeness (QED) is 0.403. The Kier molecular flexibility index (Phi) is 6.76. The molecule has 4 fully saturated rings. The minimum absolute atomic E-state index is 0.0629. The first-order valence-electron chi connectivity index (χ1n) is 16.1. The normalized spacial score (nSPS) is 33.4. The molecule has 1 N–H and O–H groups in total. The number of carbonyl (C=O) groups is 1. The van der Waals surface area contributed by atoms with Crippen molar-refractivity contribution in [2.24, 2.45) is 17.8 Å². The highest BCUT2D eigenvalue weighted by atomic mass is 16.5. The molecule has 0 radical (unpaired) electrons. The molecule has 5 atom stereocenters. The van der Waals surface area contributed by atoms with Gasteiger partial charge in [0.05, 0.1) is 13.2 Å². The first kappa shape index (κ1) is 26.0. The van der Waals surface area contributed by atoms with Crippen molar-refractivity contribution in [3.63, 3.8) is 0 Å². The molecule has 1 aromatic carbocycles. The standard InChI is InChI=1S/C33H48N2O4/c1-34(29(37)11-7-6-10-21-8-4-3-5-9-21)25-15-14-24-26-18-23-27(36)19-28(38-2)31-30(23)33(24,32(25)39-31)16-17-35(26)20-22-12-13-22/h19,21-22,24-26,32,36H,3-18,20H2,1-2H3/t24-,25-,26+,32-,33-/m0/s1. The van der Waals surface area contributed by atoms with Gasteiger partial charge in [0.1, 0.15) is 11.9 Å². The van der Waals surface area contributed by atoms with Gasteiger partial charge in [0, 0.05) is 48.7 Å². The first-order valence-corrected chi connectivity index (χ1v) is 16.1. The summed E-state index contributed by atoms with van der Waals surface area (Å²) in [4.78, 5) is 18.3. The molecule has 2 aliphatic heterocycles. The number of phenolic OH excluding ortho intramolecular Hbond substituents is 1. The Bertz CT molecular complexity index is 1100. The maximum absolute atomic E-state index is 13.5. The molecular weight excluding hydrogens is 488 g/mol. The van der Waals surface area contributed by atoms with Crippen LogP contribution in [-0.4, -0.2) is 66.2 Å². The van der Waals surface area contributed by atoms with E-state index in [1.54, 1.807) is 13.2 Å². The first-order chi connectivity index (χ1) is 19.0. The Morgan fingerprint density at radius 2 is 1.95 bits per heavy atom. The van der Waals surface area contributed by atoms with E-state index in [-0.39, 0.29) is 23.5 Å². The van der Waals surface area contributed by atoms with E-state index >= 15 is 0 Å². The van der Waals surface area contributed by atoms with Gasteiger partial charge < -0.3 is 19.5 Å². The lowest BCUT2D eigenvalue weighted by Gasteiger charge is -2.60. The fourth-order valence-electron chi connectivity index (χ4n) is 9.60. The summed E-state index contributed by atoms with van der Waals surface area (Å²) in [5.41, 5.74) is 2.15. The Morgan fingerprint density at radius 1 is 1.13 bits per heavy atom. The number of carbonyl (C=O) groups excluding carboxylic acids is 1. The van der Waals surface area contributed by atoms with Crippen LogP contribution in [0, 0.1) is 17.8 Å². The number of unbranched alkanes of at least 4 members (excludes halogenated alkanes) is 1. The van der Waals surface area contributed by atoms with Crippen LogP contribution in [0.25, 0.3) is 0 Å². The molecule has 6 aliphatic rings. The van der Waals surface area contributed by atoms with Crippen LogP contribution in [-0.2, 0) is 16.6 Å². The number of likely N-dealkylation sites (tertiary alicyclic amines) is 1. The molecule has 1 saturated heterocycles. The van der Waals surface area contributed by atoms with E-state index in [2.05, 4.69) is 4.90 Å². The molecule has 39 heavy (non-hydrogen) atoms. The highest BCUT2D eigenvalue weighted by Gasteiger charge is 2.67. The second-order valence-electron chi connectivity index (χ2n) is 13.8. The molecule has 2 heterocycles. The number of ether oxygens (including phenoxy) is 2. The fraction of sp³-hybridized carbons (Fsp3) is 0.788. The Balaban J connectivity index is 1.12. The predicted molar refractivity (Wildman–Crippen MR) is 151 cm³/mol. The summed E-state index contributed by atoms with van der Waals surface area (Å²) in [6, 6.07) is 2.28. The number of rotatable bonds is 9. The van der Waals surface area contributed by atoms with Crippen molar-refractivity contribution in [2.45, 2.75) is 120 Å². The SMILES string of the molecule is COc1cc(O)c2c3c1O[C@H]1[C@@H](N(C)C(=O)CCCCC4CCCCC4)CC[C@H]4[C@@H](C2)N(CC2CC2)CC[C@@]341.